The van der Waals surface area contributed by atoms with Crippen LogP contribution in [0.3, 0.4) is 0 Å². The van der Waals surface area contributed by atoms with Crippen LogP contribution in [0.4, 0.5) is 5.69 Å². The minimum absolute atomic E-state index is 0.462. The van der Waals surface area contributed by atoms with Gasteiger partial charge >= 0.3 is 0 Å². The molecule has 0 radical (unpaired) electrons. The van der Waals surface area contributed by atoms with Gasteiger partial charge in [-0.2, -0.15) is 0 Å². The number of benzene rings is 1. The number of aromatic nitrogens is 1. The average molecular weight is 286 g/mol. The molecule has 3 rings (SSSR count). The van der Waals surface area contributed by atoms with Crippen LogP contribution in [0.5, 0.6) is 0 Å². The van der Waals surface area contributed by atoms with Crippen LogP contribution in [0.2, 0.25) is 0 Å². The second-order valence-electron chi connectivity index (χ2n) is 6.72. The summed E-state index contributed by atoms with van der Waals surface area (Å²) in [6.45, 7) is 7.10. The number of anilines is 1. The van der Waals surface area contributed by atoms with E-state index in [4.69, 9.17) is 0 Å². The highest BCUT2D eigenvalue weighted by Crippen LogP contribution is 2.42. The van der Waals surface area contributed by atoms with Crippen LogP contribution >= 0.6 is 11.3 Å². The SMILES string of the molecule is CC1CC(C)(C)CC1Nc1cccc(-c2nccs2)c1. The first-order valence-electron chi connectivity index (χ1n) is 7.30. The number of nitrogens with one attached hydrogen (secondary N) is 1. The van der Waals surface area contributed by atoms with E-state index in [0.717, 1.165) is 10.9 Å². The maximum absolute atomic E-state index is 4.39. The second-order valence-corrected chi connectivity index (χ2v) is 7.61. The lowest BCUT2D eigenvalue weighted by atomic mass is 9.91. The summed E-state index contributed by atoms with van der Waals surface area (Å²) >= 11 is 1.69. The van der Waals surface area contributed by atoms with E-state index in [1.807, 2.05) is 11.6 Å². The van der Waals surface area contributed by atoms with Crippen LogP contribution in [-0.4, -0.2) is 11.0 Å². The molecule has 0 bridgehead atoms. The van der Waals surface area contributed by atoms with Crippen molar-refractivity contribution in [2.75, 3.05) is 5.32 Å². The summed E-state index contributed by atoms with van der Waals surface area (Å²) in [6.07, 6.45) is 4.41. The third kappa shape index (κ3) is 2.88. The standard InChI is InChI=1S/C17H22N2S/c1-12-10-17(2,3)11-15(12)19-14-6-4-5-13(9-14)16-18-7-8-20-16/h4-9,12,15,19H,10-11H2,1-3H3. The fourth-order valence-corrected chi connectivity index (χ4v) is 4.04. The summed E-state index contributed by atoms with van der Waals surface area (Å²) in [6, 6.07) is 9.21. The third-order valence-corrected chi connectivity index (χ3v) is 5.05. The van der Waals surface area contributed by atoms with Crippen LogP contribution in [0.15, 0.2) is 35.8 Å². The number of nitrogens with zero attached hydrogens (tertiary/aromatic N) is 1. The highest BCUT2D eigenvalue weighted by molar-refractivity contribution is 7.13. The van der Waals surface area contributed by atoms with E-state index >= 15 is 0 Å². The minimum atomic E-state index is 0.462. The van der Waals surface area contributed by atoms with E-state index in [2.05, 4.69) is 55.3 Å². The maximum Gasteiger partial charge on any atom is 0.123 e. The zero-order valence-electron chi connectivity index (χ0n) is 12.4. The van der Waals surface area contributed by atoms with Gasteiger partial charge in [-0.3, -0.25) is 0 Å². The molecule has 1 N–H and O–H groups in total. The number of hydrogen-bond donors (Lipinski definition) is 1. The number of rotatable bonds is 3. The first-order valence-corrected chi connectivity index (χ1v) is 8.18. The van der Waals surface area contributed by atoms with Gasteiger partial charge in [-0.05, 0) is 36.3 Å². The topological polar surface area (TPSA) is 24.9 Å². The Labute approximate surface area is 125 Å². The molecule has 1 saturated carbocycles. The van der Waals surface area contributed by atoms with E-state index in [-0.39, 0.29) is 0 Å². The van der Waals surface area contributed by atoms with Crippen LogP contribution < -0.4 is 5.32 Å². The number of thiazole rings is 1. The molecule has 2 nitrogen and oxygen atoms in total. The number of hydrogen-bond acceptors (Lipinski definition) is 3. The van der Waals surface area contributed by atoms with Gasteiger partial charge in [-0.25, -0.2) is 4.98 Å². The lowest BCUT2D eigenvalue weighted by Crippen LogP contribution is -2.22. The molecule has 20 heavy (non-hydrogen) atoms. The summed E-state index contributed by atoms with van der Waals surface area (Å²) in [5.74, 6) is 0.730. The van der Waals surface area contributed by atoms with Crippen LogP contribution in [0, 0.1) is 11.3 Å². The van der Waals surface area contributed by atoms with Gasteiger partial charge in [0.1, 0.15) is 5.01 Å². The monoisotopic (exact) mass is 286 g/mol. The van der Waals surface area contributed by atoms with Crippen molar-refractivity contribution >= 4 is 17.0 Å². The lowest BCUT2D eigenvalue weighted by molar-refractivity contribution is 0.366. The predicted molar refractivity (Wildman–Crippen MR) is 87.1 cm³/mol. The molecule has 1 fully saturated rings. The first-order chi connectivity index (χ1) is 9.53. The van der Waals surface area contributed by atoms with E-state index in [1.54, 1.807) is 11.3 Å². The zero-order chi connectivity index (χ0) is 14.2. The molecule has 1 heterocycles. The Bertz CT molecular complexity index is 574. The normalized spacial score (nSPS) is 24.8. The molecule has 1 aromatic heterocycles. The van der Waals surface area contributed by atoms with E-state index in [1.165, 1.54) is 24.1 Å². The largest absolute Gasteiger partial charge is 0.382 e. The molecule has 0 spiro atoms. The molecule has 0 aliphatic heterocycles. The molecule has 2 atom stereocenters. The Balaban J connectivity index is 1.77. The van der Waals surface area contributed by atoms with Gasteiger partial charge in [-0.15, -0.1) is 11.3 Å². The summed E-state index contributed by atoms with van der Waals surface area (Å²) in [5.41, 5.74) is 2.88. The quantitative estimate of drug-likeness (QED) is 0.854. The molecule has 0 saturated heterocycles. The van der Waals surface area contributed by atoms with Gasteiger partial charge in [0, 0.05) is 28.9 Å². The Morgan fingerprint density at radius 2 is 2.15 bits per heavy atom. The highest BCUT2D eigenvalue weighted by Gasteiger charge is 2.36. The Hall–Kier alpha value is -1.35. The summed E-state index contributed by atoms with van der Waals surface area (Å²) in [7, 11) is 0. The molecule has 1 aromatic carbocycles. The van der Waals surface area contributed by atoms with Crippen molar-refractivity contribution in [3.63, 3.8) is 0 Å². The second kappa shape index (κ2) is 5.21. The molecule has 2 unspecified atom stereocenters. The van der Waals surface area contributed by atoms with Crippen molar-refractivity contribution < 1.29 is 0 Å². The molecular weight excluding hydrogens is 264 g/mol. The van der Waals surface area contributed by atoms with Gasteiger partial charge in [0.05, 0.1) is 0 Å². The molecule has 0 amide bonds. The van der Waals surface area contributed by atoms with Crippen LogP contribution in [0.25, 0.3) is 10.6 Å². The van der Waals surface area contributed by atoms with Gasteiger partial charge < -0.3 is 5.32 Å². The summed E-state index contributed by atoms with van der Waals surface area (Å²) in [4.78, 5) is 4.39. The van der Waals surface area contributed by atoms with E-state index in [9.17, 15) is 0 Å². The molecular formula is C17H22N2S. The fraction of sp³-hybridized carbons (Fsp3) is 0.471. The summed E-state index contributed by atoms with van der Waals surface area (Å²) < 4.78 is 0. The van der Waals surface area contributed by atoms with Crippen LogP contribution in [-0.2, 0) is 0 Å². The Morgan fingerprint density at radius 1 is 1.30 bits per heavy atom. The summed E-state index contributed by atoms with van der Waals surface area (Å²) in [5, 5.41) is 6.84. The Kier molecular flexibility index (Phi) is 3.55. The average Bonchev–Trinajstić information content (AvgIpc) is 2.98. The minimum Gasteiger partial charge on any atom is -0.382 e. The van der Waals surface area contributed by atoms with Crippen molar-refractivity contribution in [3.8, 4) is 10.6 Å². The molecule has 106 valence electrons. The van der Waals surface area contributed by atoms with Crippen molar-refractivity contribution in [2.24, 2.45) is 11.3 Å². The first kappa shape index (κ1) is 13.6. The van der Waals surface area contributed by atoms with Gasteiger partial charge in [0.15, 0.2) is 0 Å². The van der Waals surface area contributed by atoms with Gasteiger partial charge in [0.2, 0.25) is 0 Å². The van der Waals surface area contributed by atoms with Gasteiger partial charge in [0.25, 0.3) is 0 Å². The molecule has 2 aromatic rings. The van der Waals surface area contributed by atoms with Crippen molar-refractivity contribution in [1.82, 2.24) is 4.98 Å². The maximum atomic E-state index is 4.39. The van der Waals surface area contributed by atoms with E-state index < -0.39 is 0 Å². The molecule has 3 heteroatoms. The smallest absolute Gasteiger partial charge is 0.123 e. The highest BCUT2D eigenvalue weighted by atomic mass is 32.1. The van der Waals surface area contributed by atoms with Crippen LogP contribution in [0.1, 0.15) is 33.6 Å². The van der Waals surface area contributed by atoms with Crippen molar-refractivity contribution in [1.29, 1.82) is 0 Å². The predicted octanol–water partition coefficient (Wildman–Crippen LogP) is 5.05. The molecule has 1 aliphatic carbocycles. The fourth-order valence-electron chi connectivity index (χ4n) is 3.41. The lowest BCUT2D eigenvalue weighted by Gasteiger charge is -2.20. The van der Waals surface area contributed by atoms with E-state index in [0.29, 0.717) is 11.5 Å². The van der Waals surface area contributed by atoms with Crippen molar-refractivity contribution in [2.45, 2.75) is 39.7 Å². The molecule has 1 aliphatic rings. The Morgan fingerprint density at radius 3 is 2.80 bits per heavy atom. The zero-order valence-corrected chi connectivity index (χ0v) is 13.2. The van der Waals surface area contributed by atoms with Gasteiger partial charge in [-0.1, -0.05) is 32.9 Å². The van der Waals surface area contributed by atoms with Crippen molar-refractivity contribution in [3.05, 3.63) is 35.8 Å². The third-order valence-electron chi connectivity index (χ3n) is 4.23.